The van der Waals surface area contributed by atoms with Crippen LogP contribution < -0.4 is 5.43 Å². The molecule has 0 saturated carbocycles. The van der Waals surface area contributed by atoms with E-state index in [1.807, 2.05) is 5.01 Å². The lowest BCUT2D eigenvalue weighted by molar-refractivity contribution is 0.0649. The van der Waals surface area contributed by atoms with Crippen molar-refractivity contribution < 1.29 is 4.79 Å². The molecule has 1 aliphatic heterocycles. The quantitative estimate of drug-likeness (QED) is 0.508. The van der Waals surface area contributed by atoms with Gasteiger partial charge < -0.3 is 0 Å². The highest BCUT2D eigenvalue weighted by Gasteiger charge is 2.25. The van der Waals surface area contributed by atoms with Crippen LogP contribution in [0.4, 0.5) is 4.79 Å². The summed E-state index contributed by atoms with van der Waals surface area (Å²) >= 11 is 5.25. The zero-order valence-corrected chi connectivity index (χ0v) is 8.27. The van der Waals surface area contributed by atoms with Crippen LogP contribution in [-0.4, -0.2) is 22.5 Å². The van der Waals surface area contributed by atoms with Gasteiger partial charge in [-0.3, -0.25) is 10.2 Å². The van der Waals surface area contributed by atoms with Crippen molar-refractivity contribution >= 4 is 17.0 Å². The number of piperidine rings is 1. The van der Waals surface area contributed by atoms with E-state index >= 15 is 0 Å². The van der Waals surface area contributed by atoms with Gasteiger partial charge in [0.2, 0.25) is 0 Å². The standard InChI is InChI=1S/C8H15ClN2O/c1-6-4-3-5-7(2)11(6)10-8(9)12/h6-7H,3-5H2,1-2H3,(H,10,12)/t6-,7+. The normalized spacial score (nSPS) is 31.6. The molecule has 0 radical (unpaired) electrons. The summed E-state index contributed by atoms with van der Waals surface area (Å²) < 4.78 is 0. The molecule has 1 saturated heterocycles. The average Bonchev–Trinajstić information content (AvgIpc) is 1.97. The number of carbonyl (C=O) groups is 1. The minimum Gasteiger partial charge on any atom is -0.275 e. The molecule has 4 heteroatoms. The molecule has 1 heterocycles. The first-order chi connectivity index (χ1) is 5.61. The third-order valence-corrected chi connectivity index (χ3v) is 2.50. The first-order valence-corrected chi connectivity index (χ1v) is 4.73. The van der Waals surface area contributed by atoms with Crippen molar-refractivity contribution in [3.63, 3.8) is 0 Å². The number of hydrazine groups is 1. The van der Waals surface area contributed by atoms with Gasteiger partial charge in [0, 0.05) is 12.1 Å². The SMILES string of the molecule is C[C@@H]1CCC[C@H](C)N1NC(=O)Cl. The predicted molar refractivity (Wildman–Crippen MR) is 49.0 cm³/mol. The molecule has 1 N–H and O–H groups in total. The van der Waals surface area contributed by atoms with Crippen LogP contribution in [0.2, 0.25) is 0 Å². The zero-order chi connectivity index (χ0) is 9.14. The highest BCUT2D eigenvalue weighted by atomic mass is 35.5. The Morgan fingerprint density at radius 3 is 2.33 bits per heavy atom. The number of amides is 1. The highest BCUT2D eigenvalue weighted by molar-refractivity contribution is 6.62. The highest BCUT2D eigenvalue weighted by Crippen LogP contribution is 2.20. The fourth-order valence-electron chi connectivity index (χ4n) is 1.74. The lowest BCUT2D eigenvalue weighted by atomic mass is 10.00. The molecule has 1 amide bonds. The Kier molecular flexibility index (Phi) is 3.35. The summed E-state index contributed by atoms with van der Waals surface area (Å²) in [6, 6.07) is 0.799. The van der Waals surface area contributed by atoms with Crippen LogP contribution in [0.1, 0.15) is 33.1 Å². The van der Waals surface area contributed by atoms with Crippen molar-refractivity contribution in [3.05, 3.63) is 0 Å². The fourth-order valence-corrected chi connectivity index (χ4v) is 1.84. The van der Waals surface area contributed by atoms with Crippen LogP contribution in [0.5, 0.6) is 0 Å². The minimum atomic E-state index is -0.490. The third-order valence-electron chi connectivity index (χ3n) is 2.41. The number of nitrogens with one attached hydrogen (secondary N) is 1. The largest absolute Gasteiger partial charge is 0.328 e. The van der Waals surface area contributed by atoms with Crippen molar-refractivity contribution in [1.29, 1.82) is 0 Å². The second-order valence-electron chi connectivity index (χ2n) is 3.42. The minimum absolute atomic E-state index is 0.399. The van der Waals surface area contributed by atoms with Crippen molar-refractivity contribution in [2.75, 3.05) is 0 Å². The monoisotopic (exact) mass is 190 g/mol. The van der Waals surface area contributed by atoms with Gasteiger partial charge in [-0.25, -0.2) is 5.01 Å². The predicted octanol–water partition coefficient (Wildman–Crippen LogP) is 2.11. The molecule has 0 aromatic carbocycles. The van der Waals surface area contributed by atoms with Gasteiger partial charge in [0.1, 0.15) is 0 Å². The Hall–Kier alpha value is -0.280. The number of halogens is 1. The Morgan fingerprint density at radius 1 is 1.42 bits per heavy atom. The summed E-state index contributed by atoms with van der Waals surface area (Å²) in [7, 11) is 0. The van der Waals surface area contributed by atoms with Gasteiger partial charge >= 0.3 is 5.37 Å². The topological polar surface area (TPSA) is 32.3 Å². The lowest BCUT2D eigenvalue weighted by Crippen LogP contribution is -2.52. The molecule has 0 aromatic rings. The molecule has 0 aromatic heterocycles. The Bertz CT molecular complexity index is 164. The van der Waals surface area contributed by atoms with E-state index in [1.165, 1.54) is 6.42 Å². The van der Waals surface area contributed by atoms with E-state index in [1.54, 1.807) is 0 Å². The fraction of sp³-hybridized carbons (Fsp3) is 0.875. The van der Waals surface area contributed by atoms with E-state index in [2.05, 4.69) is 19.3 Å². The Morgan fingerprint density at radius 2 is 1.92 bits per heavy atom. The van der Waals surface area contributed by atoms with Gasteiger partial charge in [-0.1, -0.05) is 6.42 Å². The summed E-state index contributed by atoms with van der Waals surface area (Å²) in [5.74, 6) is 0. The van der Waals surface area contributed by atoms with Crippen LogP contribution in [0, 0.1) is 0 Å². The number of nitrogens with zero attached hydrogens (tertiary/aromatic N) is 1. The summed E-state index contributed by atoms with van der Waals surface area (Å²) in [6.45, 7) is 4.20. The smallest absolute Gasteiger partial charge is 0.275 e. The van der Waals surface area contributed by atoms with Crippen LogP contribution in [0.15, 0.2) is 0 Å². The third kappa shape index (κ3) is 2.35. The van der Waals surface area contributed by atoms with Crippen LogP contribution in [-0.2, 0) is 0 Å². The van der Waals surface area contributed by atoms with Gasteiger partial charge in [0.05, 0.1) is 0 Å². The summed E-state index contributed by atoms with van der Waals surface area (Å²) in [5, 5.41) is 1.45. The van der Waals surface area contributed by atoms with Gasteiger partial charge in [0.25, 0.3) is 0 Å². The Labute approximate surface area is 78.0 Å². The molecule has 1 aliphatic rings. The van der Waals surface area contributed by atoms with Gasteiger partial charge in [0.15, 0.2) is 0 Å². The summed E-state index contributed by atoms with van der Waals surface area (Å²) in [6.07, 6.45) is 3.49. The van der Waals surface area contributed by atoms with Crippen LogP contribution in [0.25, 0.3) is 0 Å². The van der Waals surface area contributed by atoms with E-state index in [-0.39, 0.29) is 0 Å². The molecule has 0 spiro atoms. The number of carbonyl (C=O) groups excluding carboxylic acids is 1. The molecule has 2 atom stereocenters. The van der Waals surface area contributed by atoms with Crippen molar-refractivity contribution in [3.8, 4) is 0 Å². The molecule has 0 aliphatic carbocycles. The first-order valence-electron chi connectivity index (χ1n) is 4.35. The molecule has 12 heavy (non-hydrogen) atoms. The van der Waals surface area contributed by atoms with E-state index in [0.29, 0.717) is 12.1 Å². The molecule has 0 unspecified atom stereocenters. The maximum atomic E-state index is 10.6. The number of rotatable bonds is 1. The molecular weight excluding hydrogens is 176 g/mol. The van der Waals surface area contributed by atoms with Crippen LogP contribution >= 0.6 is 11.6 Å². The van der Waals surface area contributed by atoms with E-state index in [9.17, 15) is 4.79 Å². The number of hydrogen-bond donors (Lipinski definition) is 1. The van der Waals surface area contributed by atoms with Crippen molar-refractivity contribution in [2.45, 2.75) is 45.2 Å². The first kappa shape index (κ1) is 9.81. The molecule has 0 bridgehead atoms. The molecular formula is C8H15ClN2O. The van der Waals surface area contributed by atoms with Gasteiger partial charge in [-0.05, 0) is 38.3 Å². The van der Waals surface area contributed by atoms with Gasteiger partial charge in [-0.15, -0.1) is 0 Å². The average molecular weight is 191 g/mol. The molecule has 3 nitrogen and oxygen atoms in total. The van der Waals surface area contributed by atoms with Crippen molar-refractivity contribution in [2.24, 2.45) is 0 Å². The summed E-state index contributed by atoms with van der Waals surface area (Å²) in [5.41, 5.74) is 2.64. The second-order valence-corrected chi connectivity index (χ2v) is 3.77. The second kappa shape index (κ2) is 4.10. The molecule has 70 valence electrons. The van der Waals surface area contributed by atoms with Crippen molar-refractivity contribution in [1.82, 2.24) is 10.4 Å². The number of hydrogen-bond acceptors (Lipinski definition) is 2. The van der Waals surface area contributed by atoms with Crippen LogP contribution in [0.3, 0.4) is 0 Å². The van der Waals surface area contributed by atoms with E-state index < -0.39 is 5.37 Å². The van der Waals surface area contributed by atoms with E-state index in [0.717, 1.165) is 12.8 Å². The summed E-state index contributed by atoms with van der Waals surface area (Å²) in [4.78, 5) is 10.6. The van der Waals surface area contributed by atoms with Gasteiger partial charge in [-0.2, -0.15) is 0 Å². The van der Waals surface area contributed by atoms with E-state index in [4.69, 9.17) is 11.6 Å². The zero-order valence-electron chi connectivity index (χ0n) is 7.51. The molecule has 1 rings (SSSR count). The lowest BCUT2D eigenvalue weighted by Gasteiger charge is -2.37. The maximum absolute atomic E-state index is 10.6. The Balaban J connectivity index is 2.50. The maximum Gasteiger partial charge on any atom is 0.328 e. The molecule has 1 fully saturated rings.